The van der Waals surface area contributed by atoms with E-state index >= 15 is 0 Å². The SMILES string of the molecule is CCC/C=C\CCCCCCCC/C=C/[C@@H](O)[C@H](COP(=O)([O-])OCC[N+](C)(C)C)NC(=O)CCCCCC[C@H]1C(=O)C[C@@H](O)[C@@H]1/C=C/[C@@H](O)CCCCC. The minimum absolute atomic E-state index is 0.0468. The Labute approximate surface area is 334 Å². The monoisotopic (exact) mass is 799 g/mol. The van der Waals surface area contributed by atoms with E-state index in [0.717, 1.165) is 70.6 Å². The lowest BCUT2D eigenvalue weighted by molar-refractivity contribution is -0.870. The molecule has 4 N–H and O–H groups in total. The summed E-state index contributed by atoms with van der Waals surface area (Å²) in [7, 11) is 1.10. The van der Waals surface area contributed by atoms with Crippen LogP contribution in [0.15, 0.2) is 36.5 Å². The summed E-state index contributed by atoms with van der Waals surface area (Å²) in [6.45, 7) is 4.25. The van der Waals surface area contributed by atoms with Crippen LogP contribution in [-0.2, 0) is 23.2 Å². The first-order valence-electron chi connectivity index (χ1n) is 21.5. The average Bonchev–Trinajstić information content (AvgIpc) is 3.39. The van der Waals surface area contributed by atoms with Gasteiger partial charge in [-0.05, 0) is 51.4 Å². The molecule has 0 aliphatic heterocycles. The molecule has 0 aromatic carbocycles. The van der Waals surface area contributed by atoms with E-state index in [9.17, 15) is 34.4 Å². The zero-order valence-electron chi connectivity index (χ0n) is 35.1. The first-order valence-corrected chi connectivity index (χ1v) is 22.9. The zero-order valence-corrected chi connectivity index (χ0v) is 36.0. The number of carbonyl (C=O) groups is 2. The number of quaternary nitrogens is 1. The summed E-state index contributed by atoms with van der Waals surface area (Å²) in [4.78, 5) is 38.0. The van der Waals surface area contributed by atoms with Crippen molar-refractivity contribution >= 4 is 19.5 Å². The van der Waals surface area contributed by atoms with Crippen LogP contribution in [0.1, 0.15) is 149 Å². The minimum atomic E-state index is -4.65. The average molecular weight is 799 g/mol. The van der Waals surface area contributed by atoms with Crippen molar-refractivity contribution in [3.05, 3.63) is 36.5 Å². The highest BCUT2D eigenvalue weighted by molar-refractivity contribution is 7.45. The van der Waals surface area contributed by atoms with Crippen molar-refractivity contribution in [1.82, 2.24) is 5.32 Å². The number of rotatable bonds is 34. The molecule has 1 rings (SSSR count). The van der Waals surface area contributed by atoms with Crippen LogP contribution in [0, 0.1) is 11.8 Å². The van der Waals surface area contributed by atoms with Gasteiger partial charge in [-0.3, -0.25) is 14.2 Å². The Morgan fingerprint density at radius 1 is 0.873 bits per heavy atom. The molecule has 1 amide bonds. The van der Waals surface area contributed by atoms with Crippen molar-refractivity contribution in [3.63, 3.8) is 0 Å². The van der Waals surface area contributed by atoms with E-state index in [0.29, 0.717) is 30.3 Å². The highest BCUT2D eigenvalue weighted by Gasteiger charge is 2.39. The molecule has 0 saturated heterocycles. The van der Waals surface area contributed by atoms with Gasteiger partial charge in [0, 0.05) is 24.7 Å². The number of allylic oxidation sites excluding steroid dienone is 3. The summed E-state index contributed by atoms with van der Waals surface area (Å²) in [6, 6.07) is -0.977. The van der Waals surface area contributed by atoms with Crippen molar-refractivity contribution < 1.29 is 47.9 Å². The molecule has 0 aromatic rings. The lowest BCUT2D eigenvalue weighted by Crippen LogP contribution is -2.45. The van der Waals surface area contributed by atoms with Crippen LogP contribution >= 0.6 is 7.82 Å². The number of phosphoric ester groups is 1. The predicted octanol–water partition coefficient (Wildman–Crippen LogP) is 7.48. The molecule has 55 heavy (non-hydrogen) atoms. The third-order valence-electron chi connectivity index (χ3n) is 10.2. The van der Waals surface area contributed by atoms with E-state index in [1.165, 1.54) is 32.1 Å². The summed E-state index contributed by atoms with van der Waals surface area (Å²) >= 11 is 0. The number of ketones is 1. The van der Waals surface area contributed by atoms with Gasteiger partial charge in [-0.2, -0.15) is 0 Å². The number of phosphoric acid groups is 1. The van der Waals surface area contributed by atoms with E-state index < -0.39 is 38.8 Å². The van der Waals surface area contributed by atoms with Gasteiger partial charge in [0.25, 0.3) is 7.82 Å². The second-order valence-corrected chi connectivity index (χ2v) is 17.9. The van der Waals surface area contributed by atoms with Gasteiger partial charge in [-0.25, -0.2) is 0 Å². The number of nitrogens with one attached hydrogen (secondary N) is 1. The van der Waals surface area contributed by atoms with E-state index in [1.54, 1.807) is 12.2 Å². The van der Waals surface area contributed by atoms with Crippen LogP contribution in [0.3, 0.4) is 0 Å². The predicted molar refractivity (Wildman–Crippen MR) is 220 cm³/mol. The van der Waals surface area contributed by atoms with Gasteiger partial charge < -0.3 is 39.1 Å². The molecule has 12 heteroatoms. The Morgan fingerprint density at radius 2 is 1.51 bits per heavy atom. The van der Waals surface area contributed by atoms with Crippen LogP contribution in [0.5, 0.6) is 0 Å². The second kappa shape index (κ2) is 30.4. The van der Waals surface area contributed by atoms with Crippen LogP contribution in [0.25, 0.3) is 0 Å². The molecule has 1 aliphatic carbocycles. The first-order chi connectivity index (χ1) is 26.2. The largest absolute Gasteiger partial charge is 0.756 e. The molecule has 0 radical (unpaired) electrons. The molecule has 0 bridgehead atoms. The first kappa shape index (κ1) is 51.3. The second-order valence-electron chi connectivity index (χ2n) is 16.5. The van der Waals surface area contributed by atoms with Crippen LogP contribution in [-0.4, -0.2) is 96.7 Å². The quantitative estimate of drug-likeness (QED) is 0.0224. The van der Waals surface area contributed by atoms with Gasteiger partial charge in [0.1, 0.15) is 18.9 Å². The number of aliphatic hydroxyl groups excluding tert-OH is 3. The zero-order chi connectivity index (χ0) is 41.0. The summed E-state index contributed by atoms with van der Waals surface area (Å²) in [6.07, 6.45) is 27.9. The Bertz CT molecular complexity index is 1160. The number of carbonyl (C=O) groups excluding carboxylic acids is 2. The van der Waals surface area contributed by atoms with Crippen LogP contribution < -0.4 is 10.2 Å². The Balaban J connectivity index is 2.57. The van der Waals surface area contributed by atoms with Crippen LogP contribution in [0.2, 0.25) is 0 Å². The molecule has 1 aliphatic rings. The Morgan fingerprint density at radius 3 is 2.18 bits per heavy atom. The van der Waals surface area contributed by atoms with Gasteiger partial charge in [0.15, 0.2) is 0 Å². The van der Waals surface area contributed by atoms with E-state index in [1.807, 2.05) is 33.3 Å². The standard InChI is InChI=1S/C43H79N2O9P/c1-6-8-10-11-12-13-14-15-16-17-18-19-24-28-40(47)39(35-54-55(51,52)53-33-32-45(3,4)5)44-43(50)29-25-21-20-23-27-37-38(42(49)34-41(37)48)31-30-36(46)26-22-9-7-2/h10-11,24,28,30-31,36-40,42,46-47,49H,6-9,12-23,25-27,29,32-35H2,1-5H3,(H-,44,50,51,52)/b11-10-,28-24+,31-30+/t36-,37+,38+,39-,40+,42+/m0/s1. The topological polar surface area (TPSA) is 165 Å². The number of likely N-dealkylation sites (N-methyl/N-ethyl adjacent to an activating group) is 1. The maximum absolute atomic E-state index is 12.9. The highest BCUT2D eigenvalue weighted by atomic mass is 31.2. The minimum Gasteiger partial charge on any atom is -0.756 e. The van der Waals surface area contributed by atoms with E-state index in [-0.39, 0.29) is 43.0 Å². The Hall–Kier alpha value is -1.69. The lowest BCUT2D eigenvalue weighted by atomic mass is 9.88. The van der Waals surface area contributed by atoms with Crippen molar-refractivity contribution in [2.45, 2.75) is 173 Å². The third kappa shape index (κ3) is 26.8. The number of amides is 1. The van der Waals surface area contributed by atoms with Gasteiger partial charge >= 0.3 is 0 Å². The Kier molecular flexibility index (Phi) is 28.4. The molecule has 0 aromatic heterocycles. The molecule has 1 fully saturated rings. The summed E-state index contributed by atoms with van der Waals surface area (Å²) < 4.78 is 23.1. The molecular formula is C43H79N2O9P. The number of aliphatic hydroxyl groups is 3. The molecule has 320 valence electrons. The highest BCUT2D eigenvalue weighted by Crippen LogP contribution is 2.38. The molecule has 0 spiro atoms. The number of unbranched alkanes of at least 4 members (excludes halogenated alkanes) is 13. The van der Waals surface area contributed by atoms with E-state index in [4.69, 9.17) is 9.05 Å². The van der Waals surface area contributed by atoms with Gasteiger partial charge in [0.2, 0.25) is 5.91 Å². The van der Waals surface area contributed by atoms with Crippen LogP contribution in [0.4, 0.5) is 0 Å². The van der Waals surface area contributed by atoms with Crippen molar-refractivity contribution in [1.29, 1.82) is 0 Å². The maximum Gasteiger partial charge on any atom is 0.268 e. The fraction of sp³-hybridized carbons (Fsp3) is 0.814. The third-order valence-corrected chi connectivity index (χ3v) is 11.2. The van der Waals surface area contributed by atoms with Crippen molar-refractivity contribution in [2.24, 2.45) is 11.8 Å². The summed E-state index contributed by atoms with van der Waals surface area (Å²) in [5.74, 6) is -0.815. The number of hydrogen-bond donors (Lipinski definition) is 4. The van der Waals surface area contributed by atoms with Gasteiger partial charge in [-0.1, -0.05) is 121 Å². The lowest BCUT2D eigenvalue weighted by Gasteiger charge is -2.29. The molecule has 7 atom stereocenters. The van der Waals surface area contributed by atoms with Crippen molar-refractivity contribution in [2.75, 3.05) is 40.9 Å². The summed E-state index contributed by atoms with van der Waals surface area (Å²) in [5.41, 5.74) is 0. The molecule has 1 unspecified atom stereocenters. The smallest absolute Gasteiger partial charge is 0.268 e. The number of hydrogen-bond acceptors (Lipinski definition) is 9. The fourth-order valence-corrected chi connectivity index (χ4v) is 7.42. The normalized spacial score (nSPS) is 20.8. The molecule has 1 saturated carbocycles. The van der Waals surface area contributed by atoms with E-state index in [2.05, 4.69) is 31.3 Å². The number of Topliss-reactive ketones (excluding diaryl/α,β-unsaturated/α-hetero) is 1. The molecule has 11 nitrogen and oxygen atoms in total. The van der Waals surface area contributed by atoms with Gasteiger partial charge in [0.05, 0.1) is 52.1 Å². The fourth-order valence-electron chi connectivity index (χ4n) is 6.70. The van der Waals surface area contributed by atoms with Gasteiger partial charge in [-0.15, -0.1) is 0 Å². The summed E-state index contributed by atoms with van der Waals surface area (Å²) in [5, 5.41) is 34.5. The maximum atomic E-state index is 12.9. The molecular weight excluding hydrogens is 719 g/mol. The molecule has 0 heterocycles. The number of nitrogens with zero attached hydrogens (tertiary/aromatic N) is 1. The van der Waals surface area contributed by atoms with Crippen molar-refractivity contribution in [3.8, 4) is 0 Å².